The summed E-state index contributed by atoms with van der Waals surface area (Å²) in [6, 6.07) is 16.6. The van der Waals surface area contributed by atoms with E-state index in [1.54, 1.807) is 0 Å². The molecular formula is C27H35N5O2. The van der Waals surface area contributed by atoms with Gasteiger partial charge in [-0.1, -0.05) is 48.5 Å². The maximum absolute atomic E-state index is 13.0. The first-order chi connectivity index (χ1) is 16.4. The molecule has 7 nitrogen and oxygen atoms in total. The standard InChI is InChI=1S/C27H35N5O2/c1-5-31(20(2)3)18-22-10-12-23(13-11-22)27(33)32-16-14-30(15-17-32)19-25-28-26(29-34-25)24-9-7-6-8-21(24)4/h6-13,20H,5,14-19H2,1-4H3. The number of carbonyl (C=O) groups is 1. The van der Waals surface area contributed by atoms with Crippen molar-refractivity contribution in [2.24, 2.45) is 0 Å². The SMILES string of the molecule is CCN(Cc1ccc(C(=O)N2CCN(Cc3nc(-c4ccccc4C)no3)CC2)cc1)C(C)C. The summed E-state index contributed by atoms with van der Waals surface area (Å²) >= 11 is 0. The minimum atomic E-state index is 0.0991. The Balaban J connectivity index is 1.29. The number of amides is 1. The molecule has 1 aliphatic rings. The van der Waals surface area contributed by atoms with Crippen molar-refractivity contribution in [2.45, 2.75) is 46.8 Å². The second-order valence-electron chi connectivity index (χ2n) is 9.25. The van der Waals surface area contributed by atoms with Crippen molar-refractivity contribution < 1.29 is 9.32 Å². The van der Waals surface area contributed by atoms with Crippen LogP contribution in [0.1, 0.15) is 48.1 Å². The van der Waals surface area contributed by atoms with Gasteiger partial charge in [0, 0.05) is 49.9 Å². The lowest BCUT2D eigenvalue weighted by molar-refractivity contribution is 0.0615. The molecule has 1 aliphatic heterocycles. The van der Waals surface area contributed by atoms with Crippen LogP contribution in [0.4, 0.5) is 0 Å². The molecule has 0 spiro atoms. The molecule has 0 bridgehead atoms. The van der Waals surface area contributed by atoms with Gasteiger partial charge < -0.3 is 9.42 Å². The van der Waals surface area contributed by atoms with Crippen LogP contribution in [0.3, 0.4) is 0 Å². The van der Waals surface area contributed by atoms with Crippen LogP contribution in [0, 0.1) is 6.92 Å². The third-order valence-corrected chi connectivity index (χ3v) is 6.60. The number of hydrogen-bond donors (Lipinski definition) is 0. The molecule has 0 radical (unpaired) electrons. The predicted octanol–water partition coefficient (Wildman–Crippen LogP) is 4.23. The summed E-state index contributed by atoms with van der Waals surface area (Å²) < 4.78 is 5.49. The van der Waals surface area contributed by atoms with Gasteiger partial charge in [-0.25, -0.2) is 0 Å². The number of nitrogens with zero attached hydrogens (tertiary/aromatic N) is 5. The van der Waals surface area contributed by atoms with Crippen molar-refractivity contribution in [2.75, 3.05) is 32.7 Å². The number of hydrogen-bond acceptors (Lipinski definition) is 6. The first-order valence-electron chi connectivity index (χ1n) is 12.2. The zero-order chi connectivity index (χ0) is 24.1. The Hall–Kier alpha value is -3.03. The van der Waals surface area contributed by atoms with Crippen molar-refractivity contribution in [3.63, 3.8) is 0 Å². The molecule has 0 aliphatic carbocycles. The van der Waals surface area contributed by atoms with E-state index in [1.165, 1.54) is 5.56 Å². The van der Waals surface area contributed by atoms with Gasteiger partial charge in [-0.2, -0.15) is 4.98 Å². The number of aromatic nitrogens is 2. The van der Waals surface area contributed by atoms with E-state index in [9.17, 15) is 4.79 Å². The van der Waals surface area contributed by atoms with Gasteiger partial charge in [-0.15, -0.1) is 0 Å². The van der Waals surface area contributed by atoms with Gasteiger partial charge in [0.05, 0.1) is 6.54 Å². The largest absolute Gasteiger partial charge is 0.338 e. The average molecular weight is 462 g/mol. The molecule has 180 valence electrons. The van der Waals surface area contributed by atoms with Gasteiger partial charge in [0.15, 0.2) is 0 Å². The van der Waals surface area contributed by atoms with Crippen molar-refractivity contribution in [1.82, 2.24) is 24.8 Å². The van der Waals surface area contributed by atoms with Crippen LogP contribution in [0.25, 0.3) is 11.4 Å². The van der Waals surface area contributed by atoms with Crippen molar-refractivity contribution in [3.8, 4) is 11.4 Å². The molecule has 0 unspecified atom stereocenters. The Morgan fingerprint density at radius 2 is 1.76 bits per heavy atom. The second kappa shape index (κ2) is 10.9. The van der Waals surface area contributed by atoms with Gasteiger partial charge in [0.1, 0.15) is 0 Å². The number of piperazine rings is 1. The number of carbonyl (C=O) groups excluding carboxylic acids is 1. The van der Waals surface area contributed by atoms with Crippen LogP contribution in [-0.4, -0.2) is 69.5 Å². The molecule has 1 saturated heterocycles. The summed E-state index contributed by atoms with van der Waals surface area (Å²) in [5.41, 5.74) is 4.11. The summed E-state index contributed by atoms with van der Waals surface area (Å²) in [7, 11) is 0. The van der Waals surface area contributed by atoms with Crippen molar-refractivity contribution >= 4 is 5.91 Å². The molecule has 2 heterocycles. The number of benzene rings is 2. The lowest BCUT2D eigenvalue weighted by atomic mass is 10.1. The first-order valence-corrected chi connectivity index (χ1v) is 12.2. The highest BCUT2D eigenvalue weighted by atomic mass is 16.5. The molecule has 1 amide bonds. The first kappa shape index (κ1) is 24.1. The van der Waals surface area contributed by atoms with Crippen LogP contribution in [-0.2, 0) is 13.1 Å². The maximum atomic E-state index is 13.0. The Kier molecular flexibility index (Phi) is 7.75. The zero-order valence-electron chi connectivity index (χ0n) is 20.7. The van der Waals surface area contributed by atoms with Crippen LogP contribution >= 0.6 is 0 Å². The monoisotopic (exact) mass is 461 g/mol. The minimum absolute atomic E-state index is 0.0991. The Morgan fingerprint density at radius 1 is 1.06 bits per heavy atom. The fourth-order valence-electron chi connectivity index (χ4n) is 4.38. The molecule has 0 atom stereocenters. The summed E-state index contributed by atoms with van der Waals surface area (Å²) in [6.07, 6.45) is 0. The van der Waals surface area contributed by atoms with E-state index < -0.39 is 0 Å². The van der Waals surface area contributed by atoms with E-state index in [0.29, 0.717) is 37.4 Å². The van der Waals surface area contributed by atoms with E-state index in [-0.39, 0.29) is 5.91 Å². The quantitative estimate of drug-likeness (QED) is 0.500. The summed E-state index contributed by atoms with van der Waals surface area (Å²) in [5, 5.41) is 4.16. The van der Waals surface area contributed by atoms with Crippen LogP contribution in [0.15, 0.2) is 53.1 Å². The highest BCUT2D eigenvalue weighted by molar-refractivity contribution is 5.94. The van der Waals surface area contributed by atoms with Gasteiger partial charge in [0.25, 0.3) is 5.91 Å². The van der Waals surface area contributed by atoms with Gasteiger partial charge >= 0.3 is 0 Å². The number of rotatable bonds is 8. The topological polar surface area (TPSA) is 65.7 Å². The molecule has 0 N–H and O–H groups in total. The van der Waals surface area contributed by atoms with Crippen molar-refractivity contribution in [1.29, 1.82) is 0 Å². The van der Waals surface area contributed by atoms with Crippen LogP contribution in [0.2, 0.25) is 0 Å². The molecular weight excluding hydrogens is 426 g/mol. The Morgan fingerprint density at radius 3 is 2.41 bits per heavy atom. The fraction of sp³-hybridized carbons (Fsp3) is 0.444. The molecule has 1 aromatic heterocycles. The van der Waals surface area contributed by atoms with Crippen LogP contribution < -0.4 is 0 Å². The lowest BCUT2D eigenvalue weighted by Gasteiger charge is -2.34. The van der Waals surface area contributed by atoms with E-state index in [2.05, 4.69) is 52.8 Å². The molecule has 3 aromatic rings. The molecule has 1 fully saturated rings. The van der Waals surface area contributed by atoms with E-state index in [4.69, 9.17) is 4.52 Å². The predicted molar refractivity (Wildman–Crippen MR) is 133 cm³/mol. The molecule has 7 heteroatoms. The van der Waals surface area contributed by atoms with Crippen molar-refractivity contribution in [3.05, 3.63) is 71.1 Å². The second-order valence-corrected chi connectivity index (χ2v) is 9.25. The summed E-state index contributed by atoms with van der Waals surface area (Å²) in [5.74, 6) is 1.33. The van der Waals surface area contributed by atoms with Gasteiger partial charge in [-0.3, -0.25) is 14.6 Å². The highest BCUT2D eigenvalue weighted by Crippen LogP contribution is 2.20. The van der Waals surface area contributed by atoms with Crippen LogP contribution in [0.5, 0.6) is 0 Å². The smallest absolute Gasteiger partial charge is 0.253 e. The molecule has 34 heavy (non-hydrogen) atoms. The van der Waals surface area contributed by atoms with E-state index in [0.717, 1.165) is 42.9 Å². The van der Waals surface area contributed by atoms with Gasteiger partial charge in [0.2, 0.25) is 11.7 Å². The third-order valence-electron chi connectivity index (χ3n) is 6.60. The normalized spacial score (nSPS) is 14.8. The Labute approximate surface area is 202 Å². The van der Waals surface area contributed by atoms with E-state index >= 15 is 0 Å². The summed E-state index contributed by atoms with van der Waals surface area (Å²) in [6.45, 7) is 14.1. The van der Waals surface area contributed by atoms with E-state index in [1.807, 2.05) is 48.2 Å². The fourth-order valence-corrected chi connectivity index (χ4v) is 4.38. The Bertz CT molecular complexity index is 1080. The molecule has 4 rings (SSSR count). The third kappa shape index (κ3) is 5.72. The van der Waals surface area contributed by atoms with Gasteiger partial charge in [-0.05, 0) is 50.6 Å². The summed E-state index contributed by atoms with van der Waals surface area (Å²) in [4.78, 5) is 24.2. The maximum Gasteiger partial charge on any atom is 0.253 e. The number of aryl methyl sites for hydroxylation is 1. The zero-order valence-corrected chi connectivity index (χ0v) is 20.7. The lowest BCUT2D eigenvalue weighted by Crippen LogP contribution is -2.48. The molecule has 0 saturated carbocycles. The minimum Gasteiger partial charge on any atom is -0.338 e. The average Bonchev–Trinajstić information content (AvgIpc) is 3.31. The highest BCUT2D eigenvalue weighted by Gasteiger charge is 2.24. The molecule has 2 aromatic carbocycles.